The topological polar surface area (TPSA) is 65.7 Å². The number of nitrogens with zero attached hydrogens (tertiary/aromatic N) is 3. The number of aliphatic imine (C=N–C) groups is 1. The van der Waals surface area contributed by atoms with Gasteiger partial charge in [0.1, 0.15) is 6.54 Å². The van der Waals surface area contributed by atoms with Crippen LogP contribution in [-0.2, 0) is 6.54 Å². The zero-order valence-corrected chi connectivity index (χ0v) is 16.3. The molecule has 0 radical (unpaired) electrons. The monoisotopic (exact) mass is 349 g/mol. The predicted octanol–water partition coefficient (Wildman–Crippen LogP) is 3.12. The van der Waals surface area contributed by atoms with Crippen molar-refractivity contribution in [2.75, 3.05) is 26.2 Å². The maximum atomic E-state index is 5.46. The van der Waals surface area contributed by atoms with Gasteiger partial charge in [0, 0.05) is 37.7 Å². The van der Waals surface area contributed by atoms with Crippen LogP contribution in [0.3, 0.4) is 0 Å². The molecule has 0 saturated heterocycles. The summed E-state index contributed by atoms with van der Waals surface area (Å²) in [5.41, 5.74) is 1.05. The van der Waals surface area contributed by atoms with Gasteiger partial charge in [0.05, 0.1) is 5.69 Å². The van der Waals surface area contributed by atoms with Gasteiger partial charge in [0.15, 0.2) is 11.7 Å². The second-order valence-corrected chi connectivity index (χ2v) is 6.71. The van der Waals surface area contributed by atoms with Crippen molar-refractivity contribution in [3.63, 3.8) is 0 Å². The minimum Gasteiger partial charge on any atom is -0.359 e. The molecule has 1 fully saturated rings. The molecule has 6 nitrogen and oxygen atoms in total. The van der Waals surface area contributed by atoms with E-state index in [-0.39, 0.29) is 0 Å². The maximum absolute atomic E-state index is 5.46. The molecule has 1 aliphatic rings. The van der Waals surface area contributed by atoms with Gasteiger partial charge in [-0.3, -0.25) is 4.90 Å². The van der Waals surface area contributed by atoms with Gasteiger partial charge in [0.25, 0.3) is 0 Å². The summed E-state index contributed by atoms with van der Waals surface area (Å²) >= 11 is 0. The van der Waals surface area contributed by atoms with Crippen molar-refractivity contribution in [2.24, 2.45) is 4.99 Å². The van der Waals surface area contributed by atoms with E-state index in [1.165, 1.54) is 12.8 Å². The van der Waals surface area contributed by atoms with E-state index >= 15 is 0 Å². The van der Waals surface area contributed by atoms with Crippen molar-refractivity contribution in [3.8, 4) is 0 Å². The molecule has 0 atom stereocenters. The first-order valence-corrected chi connectivity index (χ1v) is 9.93. The van der Waals surface area contributed by atoms with Crippen molar-refractivity contribution in [1.29, 1.82) is 0 Å². The van der Waals surface area contributed by atoms with Gasteiger partial charge in [0.2, 0.25) is 0 Å². The number of guanidine groups is 1. The third kappa shape index (κ3) is 6.34. The second kappa shape index (κ2) is 10.4. The minimum atomic E-state index is 0.482. The summed E-state index contributed by atoms with van der Waals surface area (Å²) in [7, 11) is 0. The first kappa shape index (κ1) is 19.8. The van der Waals surface area contributed by atoms with Crippen LogP contribution in [0.25, 0.3) is 0 Å². The number of likely N-dealkylation sites (N-methyl/N-ethyl adjacent to an activating group) is 1. The lowest BCUT2D eigenvalue weighted by Crippen LogP contribution is -2.42. The lowest BCUT2D eigenvalue weighted by molar-refractivity contribution is 0.282. The molecule has 0 aromatic carbocycles. The molecular weight excluding hydrogens is 314 g/mol. The van der Waals surface area contributed by atoms with Crippen LogP contribution in [0.15, 0.2) is 15.6 Å². The van der Waals surface area contributed by atoms with Crippen molar-refractivity contribution in [3.05, 3.63) is 17.5 Å². The average molecular weight is 350 g/mol. The summed E-state index contributed by atoms with van der Waals surface area (Å²) < 4.78 is 5.46. The molecule has 1 aromatic rings. The largest absolute Gasteiger partial charge is 0.359 e. The van der Waals surface area contributed by atoms with Crippen LogP contribution in [0, 0.1) is 0 Å². The van der Waals surface area contributed by atoms with Gasteiger partial charge in [-0.1, -0.05) is 25.9 Å². The summed E-state index contributed by atoms with van der Waals surface area (Å²) in [6.07, 6.45) is 4.88. The normalized spacial score (nSPS) is 15.2. The number of hydrogen-bond acceptors (Lipinski definition) is 4. The predicted molar refractivity (Wildman–Crippen MR) is 103 cm³/mol. The number of aromatic nitrogens is 1. The van der Waals surface area contributed by atoms with E-state index < -0.39 is 0 Å². The molecule has 1 aliphatic carbocycles. The number of rotatable bonds is 11. The smallest absolute Gasteiger partial charge is 0.191 e. The summed E-state index contributed by atoms with van der Waals surface area (Å²) in [6, 6.07) is 2.86. The van der Waals surface area contributed by atoms with Crippen LogP contribution < -0.4 is 10.6 Å². The Balaban J connectivity index is 1.83. The SMILES string of the molecule is CCNC(=NCc1cc(C(CC)CC)no1)NCCN(CC)C1CC1. The van der Waals surface area contributed by atoms with E-state index in [1.54, 1.807) is 0 Å². The van der Waals surface area contributed by atoms with Crippen LogP contribution in [0.1, 0.15) is 70.8 Å². The van der Waals surface area contributed by atoms with Gasteiger partial charge in [-0.25, -0.2) is 4.99 Å². The van der Waals surface area contributed by atoms with Crippen LogP contribution in [-0.4, -0.2) is 48.2 Å². The van der Waals surface area contributed by atoms with Crippen LogP contribution in [0.5, 0.6) is 0 Å². The molecule has 1 heterocycles. The first-order valence-electron chi connectivity index (χ1n) is 9.93. The summed E-state index contributed by atoms with van der Waals surface area (Å²) in [5, 5.41) is 10.9. The summed E-state index contributed by atoms with van der Waals surface area (Å²) in [4.78, 5) is 7.17. The standard InChI is InChI=1S/C19H35N5O/c1-5-15(6-2)18-13-17(25-23-18)14-22-19(20-7-3)21-11-12-24(8-4)16-9-10-16/h13,15-16H,5-12,14H2,1-4H3,(H2,20,21,22). The molecule has 142 valence electrons. The summed E-state index contributed by atoms with van der Waals surface area (Å²) in [6.45, 7) is 13.2. The molecule has 0 spiro atoms. The van der Waals surface area contributed by atoms with Crippen molar-refractivity contribution >= 4 is 5.96 Å². The van der Waals surface area contributed by atoms with Gasteiger partial charge >= 0.3 is 0 Å². The Morgan fingerprint density at radius 2 is 2.04 bits per heavy atom. The van der Waals surface area contributed by atoms with Crippen LogP contribution in [0.2, 0.25) is 0 Å². The lowest BCUT2D eigenvalue weighted by Gasteiger charge is -2.20. The first-order chi connectivity index (χ1) is 12.2. The quantitative estimate of drug-likeness (QED) is 0.475. The Bertz CT molecular complexity index is 520. The third-order valence-corrected chi connectivity index (χ3v) is 4.88. The highest BCUT2D eigenvalue weighted by Crippen LogP contribution is 2.25. The van der Waals surface area contributed by atoms with Gasteiger partial charge in [-0.15, -0.1) is 0 Å². The molecule has 2 N–H and O–H groups in total. The van der Waals surface area contributed by atoms with Gasteiger partial charge in [-0.05, 0) is 39.2 Å². The minimum absolute atomic E-state index is 0.482. The maximum Gasteiger partial charge on any atom is 0.191 e. The van der Waals surface area contributed by atoms with E-state index in [1.807, 2.05) is 0 Å². The fourth-order valence-electron chi connectivity index (χ4n) is 3.16. The molecule has 1 aromatic heterocycles. The molecule has 0 amide bonds. The average Bonchev–Trinajstić information content (AvgIpc) is 3.36. The molecule has 2 rings (SSSR count). The molecule has 25 heavy (non-hydrogen) atoms. The Hall–Kier alpha value is -1.56. The highest BCUT2D eigenvalue weighted by molar-refractivity contribution is 5.79. The van der Waals surface area contributed by atoms with E-state index in [0.717, 1.165) is 62.5 Å². The van der Waals surface area contributed by atoms with E-state index in [0.29, 0.717) is 12.5 Å². The second-order valence-electron chi connectivity index (χ2n) is 6.71. The number of hydrogen-bond donors (Lipinski definition) is 2. The zero-order chi connectivity index (χ0) is 18.1. The molecule has 0 aliphatic heterocycles. The Kier molecular flexibility index (Phi) is 8.25. The summed E-state index contributed by atoms with van der Waals surface area (Å²) in [5.74, 6) is 2.15. The van der Waals surface area contributed by atoms with Gasteiger partial charge in [-0.2, -0.15) is 0 Å². The van der Waals surface area contributed by atoms with E-state index in [4.69, 9.17) is 4.52 Å². The molecule has 6 heteroatoms. The molecular formula is C19H35N5O. The van der Waals surface area contributed by atoms with Gasteiger partial charge < -0.3 is 15.2 Å². The molecule has 0 bridgehead atoms. The van der Waals surface area contributed by atoms with Crippen molar-refractivity contribution in [2.45, 2.75) is 71.9 Å². The molecule has 0 unspecified atom stereocenters. The highest BCUT2D eigenvalue weighted by atomic mass is 16.5. The van der Waals surface area contributed by atoms with E-state index in [2.05, 4.69) is 59.4 Å². The van der Waals surface area contributed by atoms with Crippen molar-refractivity contribution < 1.29 is 4.52 Å². The lowest BCUT2D eigenvalue weighted by atomic mass is 9.99. The van der Waals surface area contributed by atoms with Crippen LogP contribution in [0.4, 0.5) is 0 Å². The van der Waals surface area contributed by atoms with Crippen molar-refractivity contribution in [1.82, 2.24) is 20.7 Å². The number of nitrogens with one attached hydrogen (secondary N) is 2. The molecule has 1 saturated carbocycles. The fourth-order valence-corrected chi connectivity index (χ4v) is 3.16. The van der Waals surface area contributed by atoms with Crippen LogP contribution >= 0.6 is 0 Å². The van der Waals surface area contributed by atoms with E-state index in [9.17, 15) is 0 Å². The third-order valence-electron chi connectivity index (χ3n) is 4.88. The Morgan fingerprint density at radius 3 is 2.64 bits per heavy atom. The Morgan fingerprint density at radius 1 is 1.28 bits per heavy atom. The fraction of sp³-hybridized carbons (Fsp3) is 0.789. The highest BCUT2D eigenvalue weighted by Gasteiger charge is 2.27. The Labute approximate surface area is 152 Å². The zero-order valence-electron chi connectivity index (χ0n) is 16.3.